The molecule has 0 aliphatic heterocycles. The average Bonchev–Trinajstić information content (AvgIpc) is 3.04. The first-order valence-electron chi connectivity index (χ1n) is 8.01. The summed E-state index contributed by atoms with van der Waals surface area (Å²) in [5.41, 5.74) is 0. The molecule has 18 heavy (non-hydrogen) atoms. The maximum Gasteiger partial charge on any atom is 0.220 e. The summed E-state index contributed by atoms with van der Waals surface area (Å²) in [5.74, 6) is 3.66. The third-order valence-corrected chi connectivity index (χ3v) is 5.77. The summed E-state index contributed by atoms with van der Waals surface area (Å²) in [6.07, 6.45) is 11.7. The average molecular weight is 249 g/mol. The van der Waals surface area contributed by atoms with Gasteiger partial charge < -0.3 is 5.32 Å². The number of nitrogens with one attached hydrogen (secondary N) is 1. The van der Waals surface area contributed by atoms with Crippen LogP contribution in [-0.2, 0) is 4.79 Å². The zero-order valence-electron chi connectivity index (χ0n) is 11.7. The molecule has 0 aromatic carbocycles. The van der Waals surface area contributed by atoms with Gasteiger partial charge in [-0.2, -0.15) is 0 Å². The molecule has 0 saturated heterocycles. The maximum absolute atomic E-state index is 12.1. The Bertz CT molecular complexity index is 308. The van der Waals surface area contributed by atoms with Crippen LogP contribution < -0.4 is 5.32 Å². The van der Waals surface area contributed by atoms with E-state index in [1.54, 1.807) is 0 Å². The number of hydrogen-bond acceptors (Lipinski definition) is 1. The Morgan fingerprint density at radius 3 is 2.56 bits per heavy atom. The minimum absolute atomic E-state index is 0.317. The van der Waals surface area contributed by atoms with Crippen molar-refractivity contribution in [2.45, 2.75) is 70.8 Å². The Morgan fingerprint density at radius 1 is 1.17 bits per heavy atom. The second kappa shape index (κ2) is 5.22. The van der Waals surface area contributed by atoms with Crippen LogP contribution in [-0.4, -0.2) is 11.9 Å². The molecule has 3 rings (SSSR count). The summed E-state index contributed by atoms with van der Waals surface area (Å²) in [5, 5.41) is 3.29. The fraction of sp³-hybridized carbons (Fsp3) is 0.938. The SMILES string of the molecule is CC(NC(=O)CC1CCCC1)C1CC2CCC1C2. The van der Waals surface area contributed by atoms with Crippen molar-refractivity contribution in [2.75, 3.05) is 0 Å². The summed E-state index contributed by atoms with van der Waals surface area (Å²) in [7, 11) is 0. The molecule has 4 unspecified atom stereocenters. The molecular weight excluding hydrogens is 222 g/mol. The summed E-state index contributed by atoms with van der Waals surface area (Å²) in [6, 6.07) is 0.411. The molecule has 0 radical (unpaired) electrons. The quantitative estimate of drug-likeness (QED) is 0.811. The molecule has 3 aliphatic carbocycles. The van der Waals surface area contributed by atoms with E-state index in [1.807, 2.05) is 0 Å². The first-order valence-corrected chi connectivity index (χ1v) is 8.01. The lowest BCUT2D eigenvalue weighted by atomic mass is 9.84. The summed E-state index contributed by atoms with van der Waals surface area (Å²) in [4.78, 5) is 12.1. The zero-order valence-corrected chi connectivity index (χ0v) is 11.7. The first kappa shape index (κ1) is 12.5. The standard InChI is InChI=1S/C16H27NO/c1-11(15-9-13-6-7-14(15)8-13)17-16(18)10-12-4-2-3-5-12/h11-15H,2-10H2,1H3,(H,17,18). The number of carbonyl (C=O) groups is 1. The Morgan fingerprint density at radius 2 is 1.94 bits per heavy atom. The van der Waals surface area contributed by atoms with Crippen LogP contribution in [0.15, 0.2) is 0 Å². The van der Waals surface area contributed by atoms with E-state index in [1.165, 1.54) is 51.4 Å². The van der Waals surface area contributed by atoms with Gasteiger partial charge in [-0.15, -0.1) is 0 Å². The van der Waals surface area contributed by atoms with Crippen LogP contribution in [0.25, 0.3) is 0 Å². The minimum atomic E-state index is 0.317. The lowest BCUT2D eigenvalue weighted by Gasteiger charge is -2.28. The molecule has 0 heterocycles. The third-order valence-electron chi connectivity index (χ3n) is 5.77. The highest BCUT2D eigenvalue weighted by Crippen LogP contribution is 2.49. The number of amides is 1. The van der Waals surface area contributed by atoms with Gasteiger partial charge in [0.15, 0.2) is 0 Å². The van der Waals surface area contributed by atoms with Gasteiger partial charge in [0.05, 0.1) is 0 Å². The largest absolute Gasteiger partial charge is 0.353 e. The van der Waals surface area contributed by atoms with Crippen molar-refractivity contribution in [1.82, 2.24) is 5.32 Å². The van der Waals surface area contributed by atoms with Crippen LogP contribution in [0.4, 0.5) is 0 Å². The molecule has 2 nitrogen and oxygen atoms in total. The second-order valence-corrected chi connectivity index (χ2v) is 7.05. The van der Waals surface area contributed by atoms with Gasteiger partial charge in [0.2, 0.25) is 5.91 Å². The number of rotatable bonds is 4. The molecule has 3 saturated carbocycles. The Hall–Kier alpha value is -0.530. The summed E-state index contributed by atoms with van der Waals surface area (Å²) >= 11 is 0. The van der Waals surface area contributed by atoms with E-state index in [2.05, 4.69) is 12.2 Å². The van der Waals surface area contributed by atoms with E-state index < -0.39 is 0 Å². The highest BCUT2D eigenvalue weighted by atomic mass is 16.1. The van der Waals surface area contributed by atoms with Crippen LogP contribution in [0.3, 0.4) is 0 Å². The van der Waals surface area contributed by atoms with Crippen molar-refractivity contribution in [3.05, 3.63) is 0 Å². The van der Waals surface area contributed by atoms with E-state index in [9.17, 15) is 4.79 Å². The molecule has 0 aromatic rings. The summed E-state index contributed by atoms with van der Waals surface area (Å²) in [6.45, 7) is 2.23. The van der Waals surface area contributed by atoms with Crippen LogP contribution in [0, 0.1) is 23.7 Å². The van der Waals surface area contributed by atoms with Gasteiger partial charge >= 0.3 is 0 Å². The highest BCUT2D eigenvalue weighted by Gasteiger charge is 2.42. The third kappa shape index (κ3) is 2.57. The Labute approximate surface area is 111 Å². The van der Waals surface area contributed by atoms with Gasteiger partial charge in [0.1, 0.15) is 0 Å². The fourth-order valence-electron chi connectivity index (χ4n) is 4.80. The monoisotopic (exact) mass is 249 g/mol. The van der Waals surface area contributed by atoms with Crippen molar-refractivity contribution < 1.29 is 4.79 Å². The van der Waals surface area contributed by atoms with Crippen molar-refractivity contribution in [2.24, 2.45) is 23.7 Å². The van der Waals surface area contributed by atoms with E-state index in [4.69, 9.17) is 0 Å². The van der Waals surface area contributed by atoms with Crippen LogP contribution >= 0.6 is 0 Å². The molecule has 3 aliphatic rings. The van der Waals surface area contributed by atoms with Gasteiger partial charge in [0.25, 0.3) is 0 Å². The molecule has 2 heteroatoms. The zero-order chi connectivity index (χ0) is 12.5. The van der Waals surface area contributed by atoms with Crippen molar-refractivity contribution in [1.29, 1.82) is 0 Å². The van der Waals surface area contributed by atoms with Crippen LogP contribution in [0.2, 0.25) is 0 Å². The summed E-state index contributed by atoms with van der Waals surface area (Å²) < 4.78 is 0. The number of fused-ring (bicyclic) bond motifs is 2. The number of carbonyl (C=O) groups excluding carboxylic acids is 1. The Kier molecular flexibility index (Phi) is 3.63. The van der Waals surface area contributed by atoms with E-state index in [0.717, 1.165) is 24.2 Å². The van der Waals surface area contributed by atoms with Gasteiger partial charge in [-0.1, -0.05) is 19.3 Å². The molecule has 4 atom stereocenters. The minimum Gasteiger partial charge on any atom is -0.353 e. The van der Waals surface area contributed by atoms with E-state index in [0.29, 0.717) is 17.9 Å². The lowest BCUT2D eigenvalue weighted by Crippen LogP contribution is -2.40. The molecule has 1 N–H and O–H groups in total. The topological polar surface area (TPSA) is 29.1 Å². The lowest BCUT2D eigenvalue weighted by molar-refractivity contribution is -0.123. The predicted molar refractivity (Wildman–Crippen MR) is 73.1 cm³/mol. The Balaban J connectivity index is 1.45. The molecule has 0 aromatic heterocycles. The molecule has 1 amide bonds. The van der Waals surface area contributed by atoms with Gasteiger partial charge in [-0.3, -0.25) is 4.79 Å². The molecule has 3 fully saturated rings. The van der Waals surface area contributed by atoms with E-state index in [-0.39, 0.29) is 0 Å². The van der Waals surface area contributed by atoms with Gasteiger partial charge in [0, 0.05) is 12.5 Å². The molecular formula is C16H27NO. The van der Waals surface area contributed by atoms with E-state index >= 15 is 0 Å². The van der Waals surface area contributed by atoms with Crippen LogP contribution in [0.1, 0.15) is 64.7 Å². The van der Waals surface area contributed by atoms with Crippen molar-refractivity contribution in [3.8, 4) is 0 Å². The normalized spacial score (nSPS) is 37.1. The first-order chi connectivity index (χ1) is 8.72. The maximum atomic E-state index is 12.1. The molecule has 0 spiro atoms. The molecule has 2 bridgehead atoms. The fourth-order valence-corrected chi connectivity index (χ4v) is 4.80. The van der Waals surface area contributed by atoms with Gasteiger partial charge in [-0.05, 0) is 62.7 Å². The second-order valence-electron chi connectivity index (χ2n) is 7.05. The highest BCUT2D eigenvalue weighted by molar-refractivity contribution is 5.76. The van der Waals surface area contributed by atoms with Crippen molar-refractivity contribution in [3.63, 3.8) is 0 Å². The smallest absolute Gasteiger partial charge is 0.220 e. The van der Waals surface area contributed by atoms with Gasteiger partial charge in [-0.25, -0.2) is 0 Å². The predicted octanol–water partition coefficient (Wildman–Crippen LogP) is 3.51. The number of hydrogen-bond donors (Lipinski definition) is 1. The van der Waals surface area contributed by atoms with Crippen LogP contribution in [0.5, 0.6) is 0 Å². The molecule has 102 valence electrons. The van der Waals surface area contributed by atoms with Crippen molar-refractivity contribution >= 4 is 5.91 Å².